The zero-order chi connectivity index (χ0) is 14.7. The average molecular weight is 280 g/mol. The molecular weight excluding hydrogens is 260 g/mol. The Bertz CT molecular complexity index is 624. The van der Waals surface area contributed by atoms with Crippen LogP contribution in [-0.4, -0.2) is 5.91 Å². The van der Waals surface area contributed by atoms with Crippen molar-refractivity contribution in [1.82, 2.24) is 5.32 Å². The zero-order valence-electron chi connectivity index (χ0n) is 12.0. The number of nitrogens with one attached hydrogen (secondary N) is 1. The highest BCUT2D eigenvalue weighted by molar-refractivity contribution is 5.81. The molecule has 0 unspecified atom stereocenters. The molecule has 3 nitrogen and oxygen atoms in total. The lowest BCUT2D eigenvalue weighted by Gasteiger charge is -2.29. The van der Waals surface area contributed by atoms with Crippen molar-refractivity contribution in [3.8, 4) is 0 Å². The topological polar surface area (TPSA) is 55.1 Å². The van der Waals surface area contributed by atoms with Gasteiger partial charge in [-0.05, 0) is 36.0 Å². The molecule has 1 aliphatic carbocycles. The molecule has 0 saturated carbocycles. The zero-order valence-corrected chi connectivity index (χ0v) is 12.0. The van der Waals surface area contributed by atoms with E-state index in [2.05, 4.69) is 29.6 Å². The van der Waals surface area contributed by atoms with E-state index < -0.39 is 6.04 Å². The van der Waals surface area contributed by atoms with Crippen molar-refractivity contribution in [1.29, 1.82) is 0 Å². The first kappa shape index (κ1) is 13.8. The van der Waals surface area contributed by atoms with Gasteiger partial charge in [-0.15, -0.1) is 0 Å². The predicted molar refractivity (Wildman–Crippen MR) is 83.6 cm³/mol. The van der Waals surface area contributed by atoms with E-state index in [-0.39, 0.29) is 11.9 Å². The molecule has 0 aromatic heterocycles. The molecular formula is C18H20N2O. The standard InChI is InChI=1S/C18H20N2O/c19-18(21)17(14-8-2-1-3-9-14)20-16-12-6-10-13-7-4-5-11-15(13)16/h1-5,7-9,11,16-17,20H,6,10,12H2,(H2,19,21)/t16-,17-/m0/s1. The number of primary amides is 1. The summed E-state index contributed by atoms with van der Waals surface area (Å²) in [4.78, 5) is 11.8. The summed E-state index contributed by atoms with van der Waals surface area (Å²) in [5, 5.41) is 3.45. The number of nitrogens with two attached hydrogens (primary N) is 1. The maximum Gasteiger partial charge on any atom is 0.239 e. The lowest BCUT2D eigenvalue weighted by atomic mass is 9.87. The van der Waals surface area contributed by atoms with Crippen LogP contribution in [0.4, 0.5) is 0 Å². The van der Waals surface area contributed by atoms with Crippen molar-refractivity contribution in [2.45, 2.75) is 31.3 Å². The van der Waals surface area contributed by atoms with E-state index in [1.807, 2.05) is 30.3 Å². The minimum Gasteiger partial charge on any atom is -0.368 e. The van der Waals surface area contributed by atoms with E-state index >= 15 is 0 Å². The molecule has 0 bridgehead atoms. The molecule has 0 radical (unpaired) electrons. The molecule has 3 heteroatoms. The highest BCUT2D eigenvalue weighted by Crippen LogP contribution is 2.31. The van der Waals surface area contributed by atoms with Crippen molar-refractivity contribution < 1.29 is 4.79 Å². The molecule has 2 aromatic rings. The van der Waals surface area contributed by atoms with Gasteiger partial charge in [0, 0.05) is 6.04 Å². The molecule has 0 spiro atoms. The Labute approximate surface area is 125 Å². The van der Waals surface area contributed by atoms with Crippen LogP contribution in [0.25, 0.3) is 0 Å². The van der Waals surface area contributed by atoms with Gasteiger partial charge in [0.25, 0.3) is 0 Å². The second-order valence-electron chi connectivity index (χ2n) is 5.56. The molecule has 0 heterocycles. The van der Waals surface area contributed by atoms with Crippen molar-refractivity contribution in [3.05, 3.63) is 71.3 Å². The fourth-order valence-corrected chi connectivity index (χ4v) is 3.12. The highest BCUT2D eigenvalue weighted by Gasteiger charge is 2.25. The summed E-state index contributed by atoms with van der Waals surface area (Å²) >= 11 is 0. The van der Waals surface area contributed by atoms with E-state index in [0.717, 1.165) is 24.8 Å². The molecule has 21 heavy (non-hydrogen) atoms. The number of rotatable bonds is 4. The number of fused-ring (bicyclic) bond motifs is 1. The summed E-state index contributed by atoms with van der Waals surface area (Å²) in [5.74, 6) is -0.329. The number of hydrogen-bond acceptors (Lipinski definition) is 2. The molecule has 2 aromatic carbocycles. The minimum absolute atomic E-state index is 0.188. The van der Waals surface area contributed by atoms with Crippen LogP contribution in [0.1, 0.15) is 41.6 Å². The van der Waals surface area contributed by atoms with E-state index in [9.17, 15) is 4.79 Å². The lowest BCUT2D eigenvalue weighted by Crippen LogP contribution is -2.37. The van der Waals surface area contributed by atoms with Crippen LogP contribution in [-0.2, 0) is 11.2 Å². The summed E-state index contributed by atoms with van der Waals surface area (Å²) in [7, 11) is 0. The van der Waals surface area contributed by atoms with Crippen molar-refractivity contribution in [3.63, 3.8) is 0 Å². The van der Waals surface area contributed by atoms with Gasteiger partial charge in [0.15, 0.2) is 0 Å². The third-order valence-corrected chi connectivity index (χ3v) is 4.15. The van der Waals surface area contributed by atoms with Crippen LogP contribution in [0.15, 0.2) is 54.6 Å². The van der Waals surface area contributed by atoms with Crippen LogP contribution in [0.3, 0.4) is 0 Å². The van der Waals surface area contributed by atoms with Gasteiger partial charge in [0.1, 0.15) is 6.04 Å². The van der Waals surface area contributed by atoms with Gasteiger partial charge in [-0.25, -0.2) is 0 Å². The maximum atomic E-state index is 11.8. The molecule has 3 rings (SSSR count). The monoisotopic (exact) mass is 280 g/mol. The minimum atomic E-state index is -0.442. The quantitative estimate of drug-likeness (QED) is 0.904. The van der Waals surface area contributed by atoms with Gasteiger partial charge in [-0.3, -0.25) is 10.1 Å². The number of benzene rings is 2. The molecule has 0 aliphatic heterocycles. The summed E-state index contributed by atoms with van der Waals surface area (Å²) in [6.45, 7) is 0. The van der Waals surface area contributed by atoms with E-state index in [4.69, 9.17) is 5.73 Å². The van der Waals surface area contributed by atoms with E-state index in [1.165, 1.54) is 11.1 Å². The molecule has 1 aliphatic rings. The molecule has 0 fully saturated rings. The van der Waals surface area contributed by atoms with Gasteiger partial charge in [0.2, 0.25) is 5.91 Å². The van der Waals surface area contributed by atoms with Crippen molar-refractivity contribution >= 4 is 5.91 Å². The normalized spacial score (nSPS) is 18.8. The van der Waals surface area contributed by atoms with Gasteiger partial charge < -0.3 is 5.73 Å². The van der Waals surface area contributed by atoms with Gasteiger partial charge in [0.05, 0.1) is 0 Å². The second kappa shape index (κ2) is 6.10. The fraction of sp³-hybridized carbons (Fsp3) is 0.278. The fourth-order valence-electron chi connectivity index (χ4n) is 3.12. The molecule has 3 N–H and O–H groups in total. The summed E-state index contributed by atoms with van der Waals surface area (Å²) in [5.41, 5.74) is 9.20. The molecule has 1 amide bonds. The first-order valence-corrected chi connectivity index (χ1v) is 7.44. The Hall–Kier alpha value is -2.13. The third kappa shape index (κ3) is 2.98. The van der Waals surface area contributed by atoms with Crippen molar-refractivity contribution in [2.24, 2.45) is 5.73 Å². The Morgan fingerprint density at radius 2 is 1.81 bits per heavy atom. The first-order chi connectivity index (χ1) is 10.3. The summed E-state index contributed by atoms with van der Waals surface area (Å²) < 4.78 is 0. The molecule has 108 valence electrons. The number of hydrogen-bond donors (Lipinski definition) is 2. The van der Waals surface area contributed by atoms with Crippen LogP contribution in [0.5, 0.6) is 0 Å². The molecule has 2 atom stereocenters. The van der Waals surface area contributed by atoms with Crippen molar-refractivity contribution in [2.75, 3.05) is 0 Å². The van der Waals surface area contributed by atoms with Crippen LogP contribution in [0, 0.1) is 0 Å². The Morgan fingerprint density at radius 3 is 2.57 bits per heavy atom. The van der Waals surface area contributed by atoms with Gasteiger partial charge in [-0.1, -0.05) is 54.6 Å². The van der Waals surface area contributed by atoms with Crippen LogP contribution >= 0.6 is 0 Å². The number of amides is 1. The van der Waals surface area contributed by atoms with Crippen LogP contribution < -0.4 is 11.1 Å². The Morgan fingerprint density at radius 1 is 1.10 bits per heavy atom. The molecule has 0 saturated heterocycles. The SMILES string of the molecule is NC(=O)[C@@H](N[C@H]1CCCc2ccccc21)c1ccccc1. The number of carbonyl (C=O) groups is 1. The third-order valence-electron chi connectivity index (χ3n) is 4.15. The maximum absolute atomic E-state index is 11.8. The largest absolute Gasteiger partial charge is 0.368 e. The number of aryl methyl sites for hydroxylation is 1. The van der Waals surface area contributed by atoms with Gasteiger partial charge >= 0.3 is 0 Å². The van der Waals surface area contributed by atoms with E-state index in [0.29, 0.717) is 0 Å². The smallest absolute Gasteiger partial charge is 0.239 e. The highest BCUT2D eigenvalue weighted by atomic mass is 16.1. The number of carbonyl (C=O) groups excluding carboxylic acids is 1. The summed E-state index contributed by atoms with van der Waals surface area (Å²) in [6.07, 6.45) is 3.28. The Balaban J connectivity index is 1.86. The first-order valence-electron chi connectivity index (χ1n) is 7.44. The Kier molecular flexibility index (Phi) is 4.02. The predicted octanol–water partition coefficient (Wildman–Crippen LogP) is 2.88. The lowest BCUT2D eigenvalue weighted by molar-refractivity contribution is -0.120. The average Bonchev–Trinajstić information content (AvgIpc) is 2.53. The van der Waals surface area contributed by atoms with Gasteiger partial charge in [-0.2, -0.15) is 0 Å². The second-order valence-corrected chi connectivity index (χ2v) is 5.56. The van der Waals surface area contributed by atoms with E-state index in [1.54, 1.807) is 0 Å². The summed E-state index contributed by atoms with van der Waals surface area (Å²) in [6, 6.07) is 17.9. The van der Waals surface area contributed by atoms with Crippen LogP contribution in [0.2, 0.25) is 0 Å².